The smallest absolute Gasteiger partial charge is 0.475 e. The minimum Gasteiger partial charge on any atom is -0.475 e. The van der Waals surface area contributed by atoms with Crippen LogP contribution in [0.3, 0.4) is 0 Å². The van der Waals surface area contributed by atoms with Gasteiger partial charge in [-0.1, -0.05) is 12.5 Å². The molecule has 2 aliphatic heterocycles. The Labute approximate surface area is 171 Å². The summed E-state index contributed by atoms with van der Waals surface area (Å²) in [7, 11) is 0. The minimum atomic E-state index is -5.08. The number of alkyl halides is 3. The predicted octanol–water partition coefficient (Wildman–Crippen LogP) is 2.89. The lowest BCUT2D eigenvalue weighted by Gasteiger charge is -2.47. The van der Waals surface area contributed by atoms with Gasteiger partial charge in [-0.05, 0) is 30.7 Å². The van der Waals surface area contributed by atoms with Crippen molar-refractivity contribution in [3.05, 3.63) is 22.4 Å². The van der Waals surface area contributed by atoms with Crippen LogP contribution < -0.4 is 5.32 Å². The van der Waals surface area contributed by atoms with E-state index < -0.39 is 12.1 Å². The van der Waals surface area contributed by atoms with E-state index in [9.17, 15) is 18.0 Å². The number of carbonyl (C=O) groups excluding carboxylic acids is 1. The highest BCUT2D eigenvalue weighted by Gasteiger charge is 2.49. The quantitative estimate of drug-likeness (QED) is 0.745. The monoisotopic (exact) mass is 434 g/mol. The van der Waals surface area contributed by atoms with Gasteiger partial charge in [-0.2, -0.15) is 13.2 Å². The fourth-order valence-electron chi connectivity index (χ4n) is 3.91. The number of carboxylic acids is 1. The molecule has 0 radical (unpaired) electrons. The van der Waals surface area contributed by atoms with E-state index in [1.165, 1.54) is 11.3 Å². The number of rotatable bonds is 5. The number of carbonyl (C=O) groups is 2. The summed E-state index contributed by atoms with van der Waals surface area (Å²) in [6.45, 7) is 4.90. The number of ether oxygens (including phenoxy) is 1. The Morgan fingerprint density at radius 1 is 1.34 bits per heavy atom. The predicted molar refractivity (Wildman–Crippen MR) is 100 cm³/mol. The SMILES string of the molecule is O=C(NCC1CC2(CO1)CN(Cc1cccs1)C2)C1CCC1.O=C(O)C(F)(F)F. The van der Waals surface area contributed by atoms with Crippen LogP contribution in [-0.2, 0) is 20.9 Å². The second-order valence-corrected chi connectivity index (χ2v) is 9.07. The zero-order valence-corrected chi connectivity index (χ0v) is 16.7. The summed E-state index contributed by atoms with van der Waals surface area (Å²) in [5.41, 5.74) is 0.350. The molecule has 4 rings (SSSR count). The Morgan fingerprint density at radius 2 is 2.03 bits per heavy atom. The van der Waals surface area contributed by atoms with E-state index in [0.717, 1.165) is 45.5 Å². The van der Waals surface area contributed by atoms with Gasteiger partial charge >= 0.3 is 12.1 Å². The second-order valence-electron chi connectivity index (χ2n) is 8.04. The maximum Gasteiger partial charge on any atom is 0.490 e. The summed E-state index contributed by atoms with van der Waals surface area (Å²) in [6.07, 6.45) is -0.425. The van der Waals surface area contributed by atoms with Gasteiger partial charge in [-0.15, -0.1) is 11.3 Å². The van der Waals surface area contributed by atoms with E-state index in [4.69, 9.17) is 14.6 Å². The van der Waals surface area contributed by atoms with Crippen LogP contribution in [0.4, 0.5) is 13.2 Å². The number of halogens is 3. The first-order valence-corrected chi connectivity index (χ1v) is 10.5. The summed E-state index contributed by atoms with van der Waals surface area (Å²) < 4.78 is 37.7. The van der Waals surface area contributed by atoms with Crippen molar-refractivity contribution in [2.45, 2.75) is 44.5 Å². The molecule has 29 heavy (non-hydrogen) atoms. The van der Waals surface area contributed by atoms with E-state index in [1.807, 2.05) is 11.3 Å². The number of hydrogen-bond acceptors (Lipinski definition) is 5. The molecule has 1 unspecified atom stereocenters. The Morgan fingerprint density at radius 3 is 2.55 bits per heavy atom. The number of aliphatic carboxylic acids is 1. The third-order valence-electron chi connectivity index (χ3n) is 5.59. The van der Waals surface area contributed by atoms with Gasteiger partial charge in [-0.3, -0.25) is 9.69 Å². The normalized spacial score (nSPS) is 23.6. The number of nitrogens with zero attached hydrogens (tertiary/aromatic N) is 1. The zero-order chi connectivity index (χ0) is 21.1. The number of carboxylic acid groups (broad SMARTS) is 1. The molecule has 3 aliphatic rings. The van der Waals surface area contributed by atoms with Crippen LogP contribution in [-0.4, -0.2) is 60.4 Å². The fraction of sp³-hybridized carbons (Fsp3) is 0.684. The van der Waals surface area contributed by atoms with Crippen molar-refractivity contribution in [1.29, 1.82) is 0 Å². The first-order valence-electron chi connectivity index (χ1n) is 9.61. The Balaban J connectivity index is 0.000000298. The molecule has 1 aliphatic carbocycles. The standard InChI is InChI=1S/C17H24N2O2S.C2HF3O2/c20-16(13-3-1-4-13)18-8-14-7-17(12-21-14)10-19(11-17)9-15-5-2-6-22-15;3-2(4,5)1(6)7/h2,5-6,13-14H,1,3-4,7-12H2,(H,18,20);(H,6,7). The lowest BCUT2D eigenvalue weighted by molar-refractivity contribution is -0.192. The average Bonchev–Trinajstić information content (AvgIpc) is 3.20. The molecule has 6 nitrogen and oxygen atoms in total. The molecule has 1 spiro atoms. The highest BCUT2D eigenvalue weighted by atomic mass is 32.1. The Bertz CT molecular complexity index is 701. The van der Waals surface area contributed by atoms with Gasteiger partial charge in [-0.25, -0.2) is 4.79 Å². The molecule has 2 saturated heterocycles. The molecular weight excluding hydrogens is 409 g/mol. The van der Waals surface area contributed by atoms with Crippen LogP contribution in [0.2, 0.25) is 0 Å². The van der Waals surface area contributed by atoms with Gasteiger partial charge in [0.05, 0.1) is 12.7 Å². The number of hydrogen-bond donors (Lipinski definition) is 2. The molecule has 3 heterocycles. The van der Waals surface area contributed by atoms with Crippen LogP contribution in [0.15, 0.2) is 17.5 Å². The minimum absolute atomic E-state index is 0.216. The molecule has 1 atom stereocenters. The fourth-order valence-corrected chi connectivity index (χ4v) is 4.66. The van der Waals surface area contributed by atoms with Crippen LogP contribution >= 0.6 is 11.3 Å². The molecule has 0 aromatic carbocycles. The van der Waals surface area contributed by atoms with Gasteiger partial charge < -0.3 is 15.2 Å². The van der Waals surface area contributed by atoms with Crippen molar-refractivity contribution >= 4 is 23.2 Å². The summed E-state index contributed by atoms with van der Waals surface area (Å²) in [5, 5.41) is 12.4. The maximum atomic E-state index is 11.9. The van der Waals surface area contributed by atoms with Crippen molar-refractivity contribution < 1.29 is 32.6 Å². The van der Waals surface area contributed by atoms with E-state index in [0.29, 0.717) is 12.0 Å². The second kappa shape index (κ2) is 9.01. The third-order valence-corrected chi connectivity index (χ3v) is 6.45. The molecular formula is C19H25F3N2O4S. The first-order chi connectivity index (χ1) is 13.7. The first kappa shape index (κ1) is 22.0. The number of thiophene rings is 1. The largest absolute Gasteiger partial charge is 0.490 e. The lowest BCUT2D eigenvalue weighted by Crippen LogP contribution is -2.56. The topological polar surface area (TPSA) is 78.9 Å². The number of amides is 1. The number of likely N-dealkylation sites (tertiary alicyclic amines) is 1. The van der Waals surface area contributed by atoms with Crippen molar-refractivity contribution in [1.82, 2.24) is 10.2 Å². The molecule has 0 bridgehead atoms. The molecule has 1 aromatic rings. The Hall–Kier alpha value is -1.65. The van der Waals surface area contributed by atoms with Gasteiger partial charge in [0.1, 0.15) is 0 Å². The summed E-state index contributed by atoms with van der Waals surface area (Å²) >= 11 is 1.83. The Kier molecular flexibility index (Phi) is 6.85. The van der Waals surface area contributed by atoms with Gasteiger partial charge in [0.2, 0.25) is 5.91 Å². The average molecular weight is 434 g/mol. The molecule has 162 valence electrons. The summed E-state index contributed by atoms with van der Waals surface area (Å²) in [4.78, 5) is 24.7. The molecule has 1 amide bonds. The maximum absolute atomic E-state index is 11.9. The molecule has 10 heteroatoms. The van der Waals surface area contributed by atoms with Crippen molar-refractivity contribution in [2.75, 3.05) is 26.2 Å². The highest BCUT2D eigenvalue weighted by Crippen LogP contribution is 2.41. The third kappa shape index (κ3) is 5.93. The van der Waals surface area contributed by atoms with Crippen molar-refractivity contribution in [2.24, 2.45) is 11.3 Å². The molecule has 1 saturated carbocycles. The van der Waals surface area contributed by atoms with E-state index in [1.54, 1.807) is 0 Å². The highest BCUT2D eigenvalue weighted by molar-refractivity contribution is 7.09. The lowest BCUT2D eigenvalue weighted by atomic mass is 9.78. The van der Waals surface area contributed by atoms with E-state index >= 15 is 0 Å². The van der Waals surface area contributed by atoms with Crippen LogP contribution in [0.5, 0.6) is 0 Å². The van der Waals surface area contributed by atoms with Crippen molar-refractivity contribution in [3.8, 4) is 0 Å². The van der Waals surface area contributed by atoms with Crippen LogP contribution in [0, 0.1) is 11.3 Å². The van der Waals surface area contributed by atoms with E-state index in [2.05, 4.69) is 27.7 Å². The van der Waals surface area contributed by atoms with Crippen LogP contribution in [0.25, 0.3) is 0 Å². The van der Waals surface area contributed by atoms with Gasteiger partial charge in [0.25, 0.3) is 0 Å². The van der Waals surface area contributed by atoms with Gasteiger partial charge in [0, 0.05) is 42.4 Å². The summed E-state index contributed by atoms with van der Waals surface area (Å²) in [5.74, 6) is -2.24. The van der Waals surface area contributed by atoms with Gasteiger partial charge in [0.15, 0.2) is 0 Å². The molecule has 3 fully saturated rings. The number of nitrogens with one attached hydrogen (secondary N) is 1. The molecule has 2 N–H and O–H groups in total. The zero-order valence-electron chi connectivity index (χ0n) is 15.9. The molecule has 1 aromatic heterocycles. The van der Waals surface area contributed by atoms with Crippen molar-refractivity contribution in [3.63, 3.8) is 0 Å². The van der Waals surface area contributed by atoms with Crippen LogP contribution in [0.1, 0.15) is 30.6 Å². The van der Waals surface area contributed by atoms with E-state index in [-0.39, 0.29) is 17.9 Å². The summed E-state index contributed by atoms with van der Waals surface area (Å²) in [6, 6.07) is 4.33.